The van der Waals surface area contributed by atoms with Gasteiger partial charge in [-0.25, -0.2) is 4.39 Å². The highest BCUT2D eigenvalue weighted by molar-refractivity contribution is 6.30. The molecular formula is C16H14ClFO. The van der Waals surface area contributed by atoms with Gasteiger partial charge in [-0.2, -0.15) is 0 Å². The average Bonchev–Trinajstić information content (AvgIpc) is 2.39. The van der Waals surface area contributed by atoms with E-state index in [0.29, 0.717) is 17.0 Å². The third kappa shape index (κ3) is 3.02. The lowest BCUT2D eigenvalue weighted by molar-refractivity contribution is -0.112. The van der Waals surface area contributed by atoms with Crippen molar-refractivity contribution in [3.63, 3.8) is 0 Å². The van der Waals surface area contributed by atoms with E-state index in [1.165, 1.54) is 6.07 Å². The molecule has 98 valence electrons. The van der Waals surface area contributed by atoms with Crippen LogP contribution in [0.15, 0.2) is 48.5 Å². The monoisotopic (exact) mass is 276 g/mol. The van der Waals surface area contributed by atoms with Crippen LogP contribution in [0.5, 0.6) is 0 Å². The highest BCUT2D eigenvalue weighted by Gasteiger charge is 2.29. The zero-order valence-corrected chi connectivity index (χ0v) is 11.3. The Labute approximate surface area is 117 Å². The van der Waals surface area contributed by atoms with Crippen molar-refractivity contribution in [1.82, 2.24) is 0 Å². The molecule has 0 bridgehead atoms. The minimum absolute atomic E-state index is 0.362. The number of aldehydes is 1. The Balaban J connectivity index is 2.39. The number of hydrogen-bond acceptors (Lipinski definition) is 1. The standard InChI is InChI=1S/C16H14ClFO/c1-16(11-19,14-7-2-3-8-15(14)18)10-12-5-4-6-13(17)9-12/h2-9,11H,10H2,1H3. The van der Waals surface area contributed by atoms with Crippen LogP contribution in [0.1, 0.15) is 18.1 Å². The summed E-state index contributed by atoms with van der Waals surface area (Å²) in [5.41, 5.74) is 0.422. The van der Waals surface area contributed by atoms with Gasteiger partial charge in [0, 0.05) is 10.6 Å². The van der Waals surface area contributed by atoms with Gasteiger partial charge in [0.1, 0.15) is 12.1 Å². The zero-order chi connectivity index (χ0) is 13.9. The van der Waals surface area contributed by atoms with Crippen LogP contribution in [-0.4, -0.2) is 6.29 Å². The van der Waals surface area contributed by atoms with Gasteiger partial charge in [-0.05, 0) is 37.1 Å². The average molecular weight is 277 g/mol. The first-order valence-corrected chi connectivity index (χ1v) is 6.39. The second kappa shape index (κ2) is 5.54. The zero-order valence-electron chi connectivity index (χ0n) is 10.6. The molecule has 0 radical (unpaired) electrons. The van der Waals surface area contributed by atoms with Gasteiger partial charge in [0.2, 0.25) is 0 Å². The van der Waals surface area contributed by atoms with Crippen LogP contribution in [0, 0.1) is 5.82 Å². The maximum absolute atomic E-state index is 13.9. The first-order valence-electron chi connectivity index (χ1n) is 6.01. The Kier molecular flexibility index (Phi) is 4.01. The van der Waals surface area contributed by atoms with Gasteiger partial charge in [0.25, 0.3) is 0 Å². The first-order chi connectivity index (χ1) is 9.05. The van der Waals surface area contributed by atoms with E-state index >= 15 is 0 Å². The van der Waals surface area contributed by atoms with Crippen LogP contribution in [-0.2, 0) is 16.6 Å². The van der Waals surface area contributed by atoms with Crippen molar-refractivity contribution >= 4 is 17.9 Å². The molecule has 2 rings (SSSR count). The molecule has 0 heterocycles. The summed E-state index contributed by atoms with van der Waals surface area (Å²) in [7, 11) is 0. The molecule has 19 heavy (non-hydrogen) atoms. The Hall–Kier alpha value is -1.67. The number of hydrogen-bond donors (Lipinski definition) is 0. The number of carbonyl (C=O) groups excluding carboxylic acids is 1. The van der Waals surface area contributed by atoms with E-state index in [2.05, 4.69) is 0 Å². The summed E-state index contributed by atoms with van der Waals surface area (Å²) in [6.45, 7) is 1.74. The van der Waals surface area contributed by atoms with E-state index in [9.17, 15) is 9.18 Å². The highest BCUT2D eigenvalue weighted by atomic mass is 35.5. The summed E-state index contributed by atoms with van der Waals surface area (Å²) in [5.74, 6) is -0.362. The fourth-order valence-corrected chi connectivity index (χ4v) is 2.41. The summed E-state index contributed by atoms with van der Waals surface area (Å²) < 4.78 is 13.9. The maximum Gasteiger partial charge on any atom is 0.130 e. The molecule has 1 atom stereocenters. The molecule has 2 aromatic carbocycles. The Morgan fingerprint density at radius 3 is 2.58 bits per heavy atom. The molecule has 0 aliphatic rings. The van der Waals surface area contributed by atoms with Crippen LogP contribution in [0.3, 0.4) is 0 Å². The quantitative estimate of drug-likeness (QED) is 0.766. The summed E-state index contributed by atoms with van der Waals surface area (Å²) in [4.78, 5) is 11.5. The third-order valence-corrected chi connectivity index (χ3v) is 3.44. The molecular weight excluding hydrogens is 263 g/mol. The van der Waals surface area contributed by atoms with Crippen LogP contribution in [0.25, 0.3) is 0 Å². The molecule has 0 fully saturated rings. The van der Waals surface area contributed by atoms with Crippen molar-refractivity contribution in [2.45, 2.75) is 18.8 Å². The van der Waals surface area contributed by atoms with E-state index in [-0.39, 0.29) is 5.82 Å². The summed E-state index contributed by atoms with van der Waals surface area (Å²) in [6.07, 6.45) is 1.21. The molecule has 0 saturated heterocycles. The Morgan fingerprint density at radius 1 is 1.21 bits per heavy atom. The van der Waals surface area contributed by atoms with Crippen molar-refractivity contribution in [1.29, 1.82) is 0 Å². The van der Waals surface area contributed by atoms with Gasteiger partial charge in [-0.3, -0.25) is 0 Å². The minimum atomic E-state index is -0.893. The fourth-order valence-electron chi connectivity index (χ4n) is 2.20. The lowest BCUT2D eigenvalue weighted by Gasteiger charge is -2.24. The van der Waals surface area contributed by atoms with Gasteiger partial charge in [0.15, 0.2) is 0 Å². The molecule has 1 unspecified atom stereocenters. The number of rotatable bonds is 4. The fraction of sp³-hybridized carbons (Fsp3) is 0.188. The molecule has 0 aliphatic heterocycles. The SMILES string of the molecule is CC(C=O)(Cc1cccc(Cl)c1)c1ccccc1F. The number of carbonyl (C=O) groups is 1. The normalized spacial score (nSPS) is 13.8. The topological polar surface area (TPSA) is 17.1 Å². The van der Waals surface area contributed by atoms with E-state index in [4.69, 9.17) is 11.6 Å². The molecule has 2 aromatic rings. The predicted octanol–water partition coefficient (Wildman–Crippen LogP) is 4.18. The van der Waals surface area contributed by atoms with Crippen molar-refractivity contribution in [3.05, 3.63) is 70.5 Å². The van der Waals surface area contributed by atoms with Crippen molar-refractivity contribution in [3.8, 4) is 0 Å². The van der Waals surface area contributed by atoms with Crippen LogP contribution < -0.4 is 0 Å². The van der Waals surface area contributed by atoms with Gasteiger partial charge in [0.05, 0.1) is 5.41 Å². The lowest BCUT2D eigenvalue weighted by atomic mass is 9.78. The van der Waals surface area contributed by atoms with Crippen LogP contribution in [0.2, 0.25) is 5.02 Å². The largest absolute Gasteiger partial charge is 0.302 e. The molecule has 1 nitrogen and oxygen atoms in total. The molecule has 0 aromatic heterocycles. The number of halogens is 2. The van der Waals surface area contributed by atoms with Crippen molar-refractivity contribution in [2.24, 2.45) is 0 Å². The van der Waals surface area contributed by atoms with Gasteiger partial charge >= 0.3 is 0 Å². The molecule has 0 amide bonds. The highest BCUT2D eigenvalue weighted by Crippen LogP contribution is 2.29. The van der Waals surface area contributed by atoms with E-state index in [1.807, 2.05) is 12.1 Å². The van der Waals surface area contributed by atoms with Gasteiger partial charge < -0.3 is 4.79 Å². The third-order valence-electron chi connectivity index (χ3n) is 3.21. The predicted molar refractivity (Wildman–Crippen MR) is 75.0 cm³/mol. The molecule has 0 saturated carbocycles. The van der Waals surface area contributed by atoms with Crippen LogP contribution >= 0.6 is 11.6 Å². The summed E-state index contributed by atoms with van der Waals surface area (Å²) in [5, 5.41) is 0.610. The van der Waals surface area contributed by atoms with Crippen molar-refractivity contribution in [2.75, 3.05) is 0 Å². The second-order valence-corrected chi connectivity index (χ2v) is 5.26. The minimum Gasteiger partial charge on any atom is -0.302 e. The molecule has 0 aliphatic carbocycles. The lowest BCUT2D eigenvalue weighted by Crippen LogP contribution is -2.28. The van der Waals surface area contributed by atoms with E-state index < -0.39 is 5.41 Å². The smallest absolute Gasteiger partial charge is 0.130 e. The molecule has 0 N–H and O–H groups in total. The Morgan fingerprint density at radius 2 is 1.95 bits per heavy atom. The summed E-state index contributed by atoms with van der Waals surface area (Å²) >= 11 is 5.93. The molecule has 3 heteroatoms. The van der Waals surface area contributed by atoms with Gasteiger partial charge in [-0.1, -0.05) is 41.9 Å². The van der Waals surface area contributed by atoms with Crippen molar-refractivity contribution < 1.29 is 9.18 Å². The Bertz CT molecular complexity index is 597. The molecule has 0 spiro atoms. The first kappa shape index (κ1) is 13.8. The summed E-state index contributed by atoms with van der Waals surface area (Å²) in [6, 6.07) is 13.6. The second-order valence-electron chi connectivity index (χ2n) is 4.82. The van der Waals surface area contributed by atoms with E-state index in [0.717, 1.165) is 11.8 Å². The maximum atomic E-state index is 13.9. The van der Waals surface area contributed by atoms with Crippen LogP contribution in [0.4, 0.5) is 4.39 Å². The van der Waals surface area contributed by atoms with Gasteiger partial charge in [-0.15, -0.1) is 0 Å². The van der Waals surface area contributed by atoms with E-state index in [1.54, 1.807) is 37.3 Å². The number of benzene rings is 2.